The van der Waals surface area contributed by atoms with Crippen molar-refractivity contribution in [1.29, 1.82) is 0 Å². The number of aryl methyl sites for hydroxylation is 2. The van der Waals surface area contributed by atoms with Crippen LogP contribution in [0, 0.1) is 13.8 Å². The first-order chi connectivity index (χ1) is 9.10. The first-order valence-corrected chi connectivity index (χ1v) is 7.08. The summed E-state index contributed by atoms with van der Waals surface area (Å²) in [5.41, 5.74) is 2.87. The molecule has 1 amide bonds. The Kier molecular flexibility index (Phi) is 4.37. The molecule has 0 aliphatic rings. The Hall–Kier alpha value is -1.62. The summed E-state index contributed by atoms with van der Waals surface area (Å²) in [5, 5.41) is 3.65. The molecule has 0 fully saturated rings. The minimum atomic E-state index is -0.234. The van der Waals surface area contributed by atoms with E-state index in [1.54, 1.807) is 13.8 Å². The number of rotatable bonds is 4. The third-order valence-electron chi connectivity index (χ3n) is 2.74. The number of halogens is 1. The second kappa shape index (κ2) is 6.02. The quantitative estimate of drug-likeness (QED) is 0.880. The summed E-state index contributed by atoms with van der Waals surface area (Å²) in [6.45, 7) is 3.96. The Morgan fingerprint density at radius 1 is 1.26 bits per heavy atom. The van der Waals surface area contributed by atoms with Crippen molar-refractivity contribution in [3.05, 3.63) is 52.7 Å². The molecule has 0 unspecified atom stereocenters. The summed E-state index contributed by atoms with van der Waals surface area (Å²) < 4.78 is 5.27. The van der Waals surface area contributed by atoms with Gasteiger partial charge in [-0.3, -0.25) is 4.79 Å². The van der Waals surface area contributed by atoms with Crippen LogP contribution in [0.15, 0.2) is 28.7 Å². The predicted molar refractivity (Wildman–Crippen MR) is 76.2 cm³/mol. The van der Waals surface area contributed by atoms with Gasteiger partial charge in [-0.1, -0.05) is 40.2 Å². The molecule has 5 heteroatoms. The zero-order chi connectivity index (χ0) is 13.8. The Bertz CT molecular complexity index is 576. The smallest absolute Gasteiger partial charge is 0.289 e. The molecule has 0 bridgehead atoms. The molecule has 2 rings (SSSR count). The molecule has 4 nitrogen and oxygen atoms in total. The average molecular weight is 323 g/mol. The molecule has 0 saturated heterocycles. The van der Waals surface area contributed by atoms with E-state index >= 15 is 0 Å². The van der Waals surface area contributed by atoms with Gasteiger partial charge in [0.15, 0.2) is 5.89 Å². The summed E-state index contributed by atoms with van der Waals surface area (Å²) in [7, 11) is 0. The van der Waals surface area contributed by atoms with Crippen LogP contribution in [-0.2, 0) is 11.9 Å². The Morgan fingerprint density at radius 2 is 1.89 bits per heavy atom. The van der Waals surface area contributed by atoms with Crippen molar-refractivity contribution in [3.63, 3.8) is 0 Å². The highest BCUT2D eigenvalue weighted by atomic mass is 79.9. The van der Waals surface area contributed by atoms with Crippen LogP contribution in [0.25, 0.3) is 0 Å². The lowest BCUT2D eigenvalue weighted by Gasteiger charge is -2.04. The molecule has 0 atom stereocenters. The minimum absolute atomic E-state index is 0.234. The number of nitrogens with one attached hydrogen (secondary N) is 1. The maximum absolute atomic E-state index is 11.9. The number of aromatic nitrogens is 1. The maximum Gasteiger partial charge on any atom is 0.289 e. The summed E-state index contributed by atoms with van der Waals surface area (Å²) in [4.78, 5) is 16.0. The molecule has 2 aromatic rings. The summed E-state index contributed by atoms with van der Waals surface area (Å²) in [6.07, 6.45) is 0. The molecule has 0 aliphatic heterocycles. The van der Waals surface area contributed by atoms with E-state index in [0.29, 0.717) is 18.1 Å². The fourth-order valence-corrected chi connectivity index (χ4v) is 2.12. The zero-order valence-corrected chi connectivity index (χ0v) is 12.5. The van der Waals surface area contributed by atoms with Crippen LogP contribution < -0.4 is 5.32 Å². The van der Waals surface area contributed by atoms with Crippen molar-refractivity contribution in [1.82, 2.24) is 10.3 Å². The number of amides is 1. The van der Waals surface area contributed by atoms with Crippen molar-refractivity contribution < 1.29 is 9.21 Å². The third-order valence-corrected chi connectivity index (χ3v) is 3.39. The molecule has 1 heterocycles. The van der Waals surface area contributed by atoms with Crippen LogP contribution in [-0.4, -0.2) is 10.9 Å². The van der Waals surface area contributed by atoms with Gasteiger partial charge in [0.25, 0.3) is 5.91 Å². The van der Waals surface area contributed by atoms with Crippen molar-refractivity contribution in [2.24, 2.45) is 0 Å². The number of nitrogens with zero attached hydrogens (tertiary/aromatic N) is 1. The Morgan fingerprint density at radius 3 is 2.42 bits per heavy atom. The van der Waals surface area contributed by atoms with E-state index in [-0.39, 0.29) is 11.7 Å². The Balaban J connectivity index is 1.98. The molecule has 100 valence electrons. The fourth-order valence-electron chi connectivity index (χ4n) is 1.75. The fraction of sp³-hybridized carbons (Fsp3) is 0.286. The molecule has 0 spiro atoms. The minimum Gasteiger partial charge on any atom is -0.436 e. The standard InChI is InChI=1S/C14H15BrN2O2/c1-9-13(19-10(2)17-9)14(18)16-8-12-5-3-11(7-15)4-6-12/h3-6H,7-8H2,1-2H3,(H,16,18). The number of carbonyl (C=O) groups is 1. The normalized spacial score (nSPS) is 10.5. The highest BCUT2D eigenvalue weighted by Crippen LogP contribution is 2.10. The van der Waals surface area contributed by atoms with E-state index in [1.807, 2.05) is 24.3 Å². The van der Waals surface area contributed by atoms with Crippen LogP contribution >= 0.6 is 15.9 Å². The average Bonchev–Trinajstić information content (AvgIpc) is 2.75. The van der Waals surface area contributed by atoms with Gasteiger partial charge < -0.3 is 9.73 Å². The van der Waals surface area contributed by atoms with Gasteiger partial charge in [0.1, 0.15) is 0 Å². The SMILES string of the molecule is Cc1nc(C)c(C(=O)NCc2ccc(CBr)cc2)o1. The number of alkyl halides is 1. The molecule has 1 N–H and O–H groups in total. The summed E-state index contributed by atoms with van der Waals surface area (Å²) in [5.74, 6) is 0.557. The van der Waals surface area contributed by atoms with E-state index in [4.69, 9.17) is 4.42 Å². The molecule has 0 radical (unpaired) electrons. The predicted octanol–water partition coefficient (Wildman–Crippen LogP) is 3.12. The summed E-state index contributed by atoms with van der Waals surface area (Å²) >= 11 is 3.40. The number of carbonyl (C=O) groups excluding carboxylic acids is 1. The van der Waals surface area contributed by atoms with Crippen molar-refractivity contribution >= 4 is 21.8 Å². The molecule has 1 aromatic heterocycles. The topological polar surface area (TPSA) is 55.1 Å². The first-order valence-electron chi connectivity index (χ1n) is 5.96. The summed E-state index contributed by atoms with van der Waals surface area (Å²) in [6, 6.07) is 8.05. The zero-order valence-electron chi connectivity index (χ0n) is 10.9. The molecule has 1 aromatic carbocycles. The van der Waals surface area contributed by atoms with Crippen LogP contribution in [0.2, 0.25) is 0 Å². The second-order valence-electron chi connectivity index (χ2n) is 4.28. The highest BCUT2D eigenvalue weighted by Gasteiger charge is 2.15. The molecular weight excluding hydrogens is 308 g/mol. The van der Waals surface area contributed by atoms with Crippen molar-refractivity contribution in [3.8, 4) is 0 Å². The molecular formula is C14H15BrN2O2. The van der Waals surface area contributed by atoms with Gasteiger partial charge in [0.05, 0.1) is 5.69 Å². The number of benzene rings is 1. The van der Waals surface area contributed by atoms with E-state index in [2.05, 4.69) is 26.2 Å². The highest BCUT2D eigenvalue weighted by molar-refractivity contribution is 9.08. The van der Waals surface area contributed by atoms with Crippen LogP contribution in [0.5, 0.6) is 0 Å². The van der Waals surface area contributed by atoms with E-state index in [0.717, 1.165) is 10.9 Å². The largest absolute Gasteiger partial charge is 0.436 e. The molecule has 0 aliphatic carbocycles. The number of hydrogen-bond donors (Lipinski definition) is 1. The molecule has 0 saturated carbocycles. The van der Waals surface area contributed by atoms with Crippen molar-refractivity contribution in [2.45, 2.75) is 25.7 Å². The Labute approximate surface area is 120 Å². The van der Waals surface area contributed by atoms with Crippen LogP contribution in [0.4, 0.5) is 0 Å². The van der Waals surface area contributed by atoms with Gasteiger partial charge in [-0.25, -0.2) is 4.98 Å². The van der Waals surface area contributed by atoms with Gasteiger partial charge in [-0.2, -0.15) is 0 Å². The molecule has 19 heavy (non-hydrogen) atoms. The number of oxazole rings is 1. The lowest BCUT2D eigenvalue weighted by molar-refractivity contribution is 0.0921. The maximum atomic E-state index is 11.9. The second-order valence-corrected chi connectivity index (χ2v) is 4.84. The third kappa shape index (κ3) is 3.44. The lowest BCUT2D eigenvalue weighted by Crippen LogP contribution is -2.23. The van der Waals surface area contributed by atoms with Gasteiger partial charge in [-0.15, -0.1) is 0 Å². The van der Waals surface area contributed by atoms with E-state index in [1.165, 1.54) is 5.56 Å². The first kappa shape index (κ1) is 13.8. The number of hydrogen-bond acceptors (Lipinski definition) is 3. The van der Waals surface area contributed by atoms with E-state index < -0.39 is 0 Å². The van der Waals surface area contributed by atoms with Gasteiger partial charge in [0.2, 0.25) is 5.76 Å². The van der Waals surface area contributed by atoms with Gasteiger partial charge in [-0.05, 0) is 18.1 Å². The van der Waals surface area contributed by atoms with Crippen LogP contribution in [0.3, 0.4) is 0 Å². The van der Waals surface area contributed by atoms with Crippen LogP contribution in [0.1, 0.15) is 33.3 Å². The van der Waals surface area contributed by atoms with Gasteiger partial charge in [0, 0.05) is 18.8 Å². The van der Waals surface area contributed by atoms with E-state index in [9.17, 15) is 4.79 Å². The monoisotopic (exact) mass is 322 g/mol. The van der Waals surface area contributed by atoms with Crippen molar-refractivity contribution in [2.75, 3.05) is 0 Å². The van der Waals surface area contributed by atoms with Gasteiger partial charge >= 0.3 is 0 Å². The lowest BCUT2D eigenvalue weighted by atomic mass is 10.1.